The fourth-order valence-corrected chi connectivity index (χ4v) is 2.73. The molecule has 0 spiro atoms. The van der Waals surface area contributed by atoms with Crippen molar-refractivity contribution in [2.75, 3.05) is 0 Å². The number of carboxylic acid groups (broad SMARTS) is 1. The quantitative estimate of drug-likeness (QED) is 0.813. The predicted molar refractivity (Wildman–Crippen MR) is 93.7 cm³/mol. The Kier molecular flexibility index (Phi) is 6.30. The molecule has 5 heteroatoms. The highest BCUT2D eigenvalue weighted by molar-refractivity contribution is 5.90. The fraction of sp³-hybridized carbons (Fsp3) is 0.250. The van der Waals surface area contributed by atoms with Crippen LogP contribution in [-0.4, -0.2) is 23.0 Å². The van der Waals surface area contributed by atoms with E-state index in [1.165, 1.54) is 0 Å². The molecule has 0 fully saturated rings. The maximum absolute atomic E-state index is 12.9. The summed E-state index contributed by atoms with van der Waals surface area (Å²) < 4.78 is 0. The van der Waals surface area contributed by atoms with Gasteiger partial charge in [-0.05, 0) is 11.1 Å². The van der Waals surface area contributed by atoms with Gasteiger partial charge in [0.15, 0.2) is 0 Å². The summed E-state index contributed by atoms with van der Waals surface area (Å²) in [5.41, 5.74) is 1.56. The summed E-state index contributed by atoms with van der Waals surface area (Å²) in [6, 6.07) is 19.3. The van der Waals surface area contributed by atoms with E-state index in [1.807, 2.05) is 66.7 Å². The Morgan fingerprint density at radius 3 is 1.92 bits per heavy atom. The van der Waals surface area contributed by atoms with E-state index in [4.69, 9.17) is 5.26 Å². The van der Waals surface area contributed by atoms with Gasteiger partial charge in [-0.2, -0.15) is 5.26 Å². The van der Waals surface area contributed by atoms with E-state index >= 15 is 0 Å². The predicted octanol–water partition coefficient (Wildman–Crippen LogP) is 2.94. The second-order valence-electron chi connectivity index (χ2n) is 5.92. The highest BCUT2D eigenvalue weighted by Crippen LogP contribution is 2.25. The third kappa shape index (κ3) is 4.67. The average Bonchev–Trinajstić information content (AvgIpc) is 2.61. The lowest BCUT2D eigenvalue weighted by Gasteiger charge is -2.24. The van der Waals surface area contributed by atoms with E-state index in [1.54, 1.807) is 6.92 Å². The first kappa shape index (κ1) is 18.2. The van der Waals surface area contributed by atoms with Crippen molar-refractivity contribution in [1.82, 2.24) is 5.32 Å². The van der Waals surface area contributed by atoms with Crippen molar-refractivity contribution in [3.05, 3.63) is 71.8 Å². The van der Waals surface area contributed by atoms with Gasteiger partial charge in [-0.1, -0.05) is 67.6 Å². The van der Waals surface area contributed by atoms with Crippen LogP contribution in [0.15, 0.2) is 60.7 Å². The Labute approximate surface area is 146 Å². The second kappa shape index (κ2) is 8.65. The number of benzene rings is 2. The van der Waals surface area contributed by atoms with Gasteiger partial charge >= 0.3 is 5.97 Å². The number of carbonyl (C=O) groups is 2. The zero-order valence-electron chi connectivity index (χ0n) is 13.9. The Morgan fingerprint density at radius 2 is 1.52 bits per heavy atom. The molecular weight excluding hydrogens is 316 g/mol. The number of aliphatic carboxylic acids is 1. The summed E-state index contributed by atoms with van der Waals surface area (Å²) in [5.74, 6) is -2.64. The van der Waals surface area contributed by atoms with E-state index in [0.29, 0.717) is 0 Å². The van der Waals surface area contributed by atoms with Crippen LogP contribution in [0, 0.1) is 17.2 Å². The summed E-state index contributed by atoms with van der Waals surface area (Å²) in [5, 5.41) is 20.8. The Hall–Kier alpha value is -3.13. The molecule has 5 nitrogen and oxygen atoms in total. The number of hydrogen-bond acceptors (Lipinski definition) is 3. The lowest BCUT2D eigenvalue weighted by atomic mass is 9.89. The normalized spacial score (nSPS) is 12.8. The molecule has 2 atom stereocenters. The Morgan fingerprint density at radius 1 is 1.04 bits per heavy atom. The summed E-state index contributed by atoms with van der Waals surface area (Å²) >= 11 is 0. The molecule has 0 heterocycles. The monoisotopic (exact) mass is 336 g/mol. The zero-order valence-corrected chi connectivity index (χ0v) is 13.9. The van der Waals surface area contributed by atoms with Crippen LogP contribution in [0.5, 0.6) is 0 Å². The minimum Gasteiger partial charge on any atom is -0.480 e. The van der Waals surface area contributed by atoms with Crippen LogP contribution in [0.3, 0.4) is 0 Å². The zero-order chi connectivity index (χ0) is 18.2. The van der Waals surface area contributed by atoms with Crippen molar-refractivity contribution in [3.8, 4) is 6.07 Å². The van der Waals surface area contributed by atoms with Gasteiger partial charge in [-0.25, -0.2) is 4.79 Å². The number of amides is 1. The number of nitrogens with one attached hydrogen (secondary N) is 1. The molecule has 0 bridgehead atoms. The van der Waals surface area contributed by atoms with Crippen LogP contribution in [0.25, 0.3) is 0 Å². The fourth-order valence-electron chi connectivity index (χ4n) is 2.73. The molecule has 2 aromatic carbocycles. The summed E-state index contributed by atoms with van der Waals surface area (Å²) in [4.78, 5) is 24.4. The smallest absolute Gasteiger partial charge is 0.326 e. The number of carbonyl (C=O) groups excluding carboxylic acids is 1. The standard InChI is InChI=1S/C20H20N2O3/c1-14(12-13-21)18(20(24)25)22-19(23)17(15-8-4-2-5-9-15)16-10-6-3-7-11-16/h2-11,14,17-18H,12H2,1H3,(H,22,23)(H,24,25)/t14-,18-/m1/s1. The molecule has 25 heavy (non-hydrogen) atoms. The largest absolute Gasteiger partial charge is 0.480 e. The van der Waals surface area contributed by atoms with Crippen LogP contribution in [-0.2, 0) is 9.59 Å². The first-order chi connectivity index (χ1) is 12.0. The van der Waals surface area contributed by atoms with Crippen molar-refractivity contribution in [3.63, 3.8) is 0 Å². The molecule has 0 unspecified atom stereocenters. The summed E-state index contributed by atoms with van der Waals surface area (Å²) in [6.45, 7) is 1.64. The lowest BCUT2D eigenvalue weighted by molar-refractivity contribution is -0.143. The first-order valence-corrected chi connectivity index (χ1v) is 8.04. The maximum atomic E-state index is 12.9. The lowest BCUT2D eigenvalue weighted by Crippen LogP contribution is -2.47. The van der Waals surface area contributed by atoms with E-state index in [9.17, 15) is 14.7 Å². The molecule has 2 aromatic rings. The van der Waals surface area contributed by atoms with E-state index in [2.05, 4.69) is 5.32 Å². The molecule has 2 N–H and O–H groups in total. The Bertz CT molecular complexity index is 714. The third-order valence-corrected chi connectivity index (χ3v) is 4.07. The number of nitriles is 1. The minimum atomic E-state index is -1.14. The molecule has 0 aliphatic heterocycles. The Balaban J connectivity index is 2.33. The number of rotatable bonds is 7. The van der Waals surface area contributed by atoms with Gasteiger partial charge < -0.3 is 10.4 Å². The van der Waals surface area contributed by atoms with Crippen molar-refractivity contribution in [2.24, 2.45) is 5.92 Å². The maximum Gasteiger partial charge on any atom is 0.326 e. The van der Waals surface area contributed by atoms with Gasteiger partial charge in [-0.15, -0.1) is 0 Å². The van der Waals surface area contributed by atoms with Gasteiger partial charge in [0, 0.05) is 12.3 Å². The van der Waals surface area contributed by atoms with Crippen molar-refractivity contribution in [1.29, 1.82) is 5.26 Å². The highest BCUT2D eigenvalue weighted by atomic mass is 16.4. The summed E-state index contributed by atoms with van der Waals surface area (Å²) in [6.07, 6.45) is 0.0542. The number of nitrogens with zero attached hydrogens (tertiary/aromatic N) is 1. The minimum absolute atomic E-state index is 0.0542. The van der Waals surface area contributed by atoms with E-state index in [-0.39, 0.29) is 6.42 Å². The highest BCUT2D eigenvalue weighted by Gasteiger charge is 2.30. The topological polar surface area (TPSA) is 90.2 Å². The molecule has 0 saturated carbocycles. The molecule has 0 aliphatic carbocycles. The van der Waals surface area contributed by atoms with E-state index < -0.39 is 29.8 Å². The van der Waals surface area contributed by atoms with Crippen LogP contribution >= 0.6 is 0 Å². The molecule has 0 aliphatic rings. The summed E-state index contributed by atoms with van der Waals surface area (Å²) in [7, 11) is 0. The first-order valence-electron chi connectivity index (χ1n) is 8.04. The number of carboxylic acids is 1. The van der Waals surface area contributed by atoms with Gasteiger partial charge in [0.05, 0.1) is 12.0 Å². The van der Waals surface area contributed by atoms with Gasteiger partial charge in [-0.3, -0.25) is 4.79 Å². The van der Waals surface area contributed by atoms with Crippen LogP contribution in [0.2, 0.25) is 0 Å². The molecule has 1 amide bonds. The van der Waals surface area contributed by atoms with Gasteiger partial charge in [0.2, 0.25) is 5.91 Å². The molecule has 128 valence electrons. The average molecular weight is 336 g/mol. The third-order valence-electron chi connectivity index (χ3n) is 4.07. The second-order valence-corrected chi connectivity index (χ2v) is 5.92. The molecule has 2 rings (SSSR count). The number of hydrogen-bond donors (Lipinski definition) is 2. The molecular formula is C20H20N2O3. The van der Waals surface area contributed by atoms with Crippen LogP contribution in [0.4, 0.5) is 0 Å². The van der Waals surface area contributed by atoms with Gasteiger partial charge in [0.1, 0.15) is 6.04 Å². The molecule has 0 aromatic heterocycles. The SMILES string of the molecule is C[C@H](CC#N)[C@@H](NC(=O)C(c1ccccc1)c1ccccc1)C(=O)O. The molecule has 0 saturated heterocycles. The van der Waals surface area contributed by atoms with Crippen molar-refractivity contribution < 1.29 is 14.7 Å². The van der Waals surface area contributed by atoms with Gasteiger partial charge in [0.25, 0.3) is 0 Å². The van der Waals surface area contributed by atoms with Crippen molar-refractivity contribution in [2.45, 2.75) is 25.3 Å². The molecule has 0 radical (unpaired) electrons. The van der Waals surface area contributed by atoms with Crippen molar-refractivity contribution >= 4 is 11.9 Å². The van der Waals surface area contributed by atoms with Crippen LogP contribution in [0.1, 0.15) is 30.4 Å². The van der Waals surface area contributed by atoms with Crippen LogP contribution < -0.4 is 5.32 Å². The van der Waals surface area contributed by atoms with E-state index in [0.717, 1.165) is 11.1 Å².